The molecule has 0 aliphatic carbocycles. The highest BCUT2D eigenvalue weighted by Gasteiger charge is 2.47. The average molecular weight is 400 g/mol. The van der Waals surface area contributed by atoms with E-state index < -0.39 is 10.0 Å². The van der Waals surface area contributed by atoms with Crippen molar-refractivity contribution in [3.63, 3.8) is 0 Å². The molecule has 3 aromatic rings. The van der Waals surface area contributed by atoms with Crippen molar-refractivity contribution in [2.45, 2.75) is 18.3 Å². The lowest BCUT2D eigenvalue weighted by molar-refractivity contribution is 0.356. The number of para-hydroxylation sites is 2. The number of thiazole rings is 1. The van der Waals surface area contributed by atoms with Crippen molar-refractivity contribution in [3.8, 4) is 0 Å². The Hall–Kier alpha value is -2.12. The number of hydrogen-bond acceptors (Lipinski definition) is 5. The van der Waals surface area contributed by atoms with E-state index in [1.165, 1.54) is 16.5 Å². The van der Waals surface area contributed by atoms with Gasteiger partial charge in [-0.15, -0.1) is 0 Å². The van der Waals surface area contributed by atoms with Gasteiger partial charge in [0.1, 0.15) is 0 Å². The van der Waals surface area contributed by atoms with Crippen LogP contribution in [0.15, 0.2) is 48.5 Å². The Kier molecular flexibility index (Phi) is 3.74. The molecular formula is C20H21N3O2S2. The number of piperidine rings is 1. The van der Waals surface area contributed by atoms with Crippen LogP contribution < -0.4 is 9.21 Å². The third-order valence-corrected chi connectivity index (χ3v) is 8.09. The second-order valence-electron chi connectivity index (χ2n) is 7.52. The van der Waals surface area contributed by atoms with Crippen LogP contribution in [0.25, 0.3) is 10.2 Å². The molecule has 2 aromatic carbocycles. The van der Waals surface area contributed by atoms with Gasteiger partial charge < -0.3 is 4.90 Å². The van der Waals surface area contributed by atoms with Crippen LogP contribution in [0.3, 0.4) is 0 Å². The van der Waals surface area contributed by atoms with Crippen molar-refractivity contribution < 1.29 is 8.42 Å². The topological polar surface area (TPSA) is 53.5 Å². The second-order valence-corrected chi connectivity index (χ2v) is 10.4. The maximum absolute atomic E-state index is 12.3. The van der Waals surface area contributed by atoms with Gasteiger partial charge in [-0.3, -0.25) is 4.31 Å². The van der Waals surface area contributed by atoms with Crippen LogP contribution in [-0.2, 0) is 15.4 Å². The third-order valence-electron chi connectivity index (χ3n) is 5.86. The molecule has 0 radical (unpaired) electrons. The fraction of sp³-hybridized carbons (Fsp3) is 0.350. The molecule has 1 fully saturated rings. The lowest BCUT2D eigenvalue weighted by Crippen LogP contribution is -2.46. The summed E-state index contributed by atoms with van der Waals surface area (Å²) in [6.07, 6.45) is 3.18. The largest absolute Gasteiger partial charge is 0.348 e. The first kappa shape index (κ1) is 17.0. The van der Waals surface area contributed by atoms with E-state index in [0.717, 1.165) is 42.3 Å². The molecule has 2 aliphatic rings. The lowest BCUT2D eigenvalue weighted by atomic mass is 9.74. The molecule has 0 saturated carbocycles. The monoisotopic (exact) mass is 399 g/mol. The standard InChI is InChI=1S/C20H21N3O2S2/c1-27(24,25)23-14-20(15-6-2-4-8-17(15)23)10-12-22(13-11-20)19-21-16-7-3-5-9-18(16)26-19/h2-9H,10-14H2,1H3. The summed E-state index contributed by atoms with van der Waals surface area (Å²) in [6.45, 7) is 2.34. The molecule has 140 valence electrons. The number of hydrogen-bond donors (Lipinski definition) is 0. The normalized spacial score (nSPS) is 19.0. The van der Waals surface area contributed by atoms with Crippen molar-refractivity contribution >= 4 is 42.4 Å². The zero-order valence-corrected chi connectivity index (χ0v) is 16.8. The van der Waals surface area contributed by atoms with Crippen molar-refractivity contribution in [3.05, 3.63) is 54.1 Å². The molecule has 0 unspecified atom stereocenters. The minimum absolute atomic E-state index is 0.0904. The number of anilines is 2. The fourth-order valence-corrected chi connectivity index (χ4v) is 6.44. The van der Waals surface area contributed by atoms with Gasteiger partial charge in [-0.2, -0.15) is 0 Å². The smallest absolute Gasteiger partial charge is 0.232 e. The Balaban J connectivity index is 1.44. The maximum atomic E-state index is 12.3. The highest BCUT2D eigenvalue weighted by Crippen LogP contribution is 2.48. The Morgan fingerprint density at radius 2 is 1.74 bits per heavy atom. The van der Waals surface area contributed by atoms with Gasteiger partial charge in [0.05, 0.1) is 22.2 Å². The molecule has 1 aromatic heterocycles. The molecule has 0 atom stereocenters. The number of aromatic nitrogens is 1. The summed E-state index contributed by atoms with van der Waals surface area (Å²) < 4.78 is 27.4. The van der Waals surface area contributed by atoms with E-state index in [1.54, 1.807) is 15.6 Å². The van der Waals surface area contributed by atoms with Crippen LogP contribution in [0.5, 0.6) is 0 Å². The SMILES string of the molecule is CS(=O)(=O)N1CC2(CCN(c3nc4ccccc4s3)CC2)c2ccccc21. The fourth-order valence-electron chi connectivity index (χ4n) is 4.43. The first-order valence-corrected chi connectivity index (χ1v) is 11.8. The Labute approximate surface area is 163 Å². The summed E-state index contributed by atoms with van der Waals surface area (Å²) in [5.74, 6) is 0. The highest BCUT2D eigenvalue weighted by atomic mass is 32.2. The molecule has 1 spiro atoms. The van der Waals surface area contributed by atoms with Gasteiger partial charge in [0.15, 0.2) is 5.13 Å². The number of nitrogens with zero attached hydrogens (tertiary/aromatic N) is 3. The molecule has 2 aliphatic heterocycles. The molecule has 0 N–H and O–H groups in total. The quantitative estimate of drug-likeness (QED) is 0.661. The van der Waals surface area contributed by atoms with Crippen molar-refractivity contribution in [1.82, 2.24) is 4.98 Å². The van der Waals surface area contributed by atoms with E-state index in [4.69, 9.17) is 4.98 Å². The molecule has 5 rings (SSSR count). The molecule has 0 amide bonds. The first-order valence-electron chi connectivity index (χ1n) is 9.14. The van der Waals surface area contributed by atoms with Gasteiger partial charge in [0.2, 0.25) is 10.0 Å². The van der Waals surface area contributed by atoms with Crippen molar-refractivity contribution in [2.75, 3.05) is 35.1 Å². The second kappa shape index (κ2) is 5.94. The van der Waals surface area contributed by atoms with Gasteiger partial charge in [-0.1, -0.05) is 41.7 Å². The summed E-state index contributed by atoms with van der Waals surface area (Å²) in [4.78, 5) is 7.14. The van der Waals surface area contributed by atoms with Crippen molar-refractivity contribution in [2.24, 2.45) is 0 Å². The van der Waals surface area contributed by atoms with Crippen LogP contribution in [-0.4, -0.2) is 39.3 Å². The van der Waals surface area contributed by atoms with Gasteiger partial charge in [0.25, 0.3) is 0 Å². The summed E-state index contributed by atoms with van der Waals surface area (Å²) in [7, 11) is -3.26. The molecule has 7 heteroatoms. The summed E-state index contributed by atoms with van der Waals surface area (Å²) in [6, 6.07) is 16.2. The minimum atomic E-state index is -3.26. The van der Waals surface area contributed by atoms with Gasteiger partial charge in [-0.25, -0.2) is 13.4 Å². The molecule has 5 nitrogen and oxygen atoms in total. The van der Waals surface area contributed by atoms with Crippen molar-refractivity contribution in [1.29, 1.82) is 0 Å². The van der Waals surface area contributed by atoms with E-state index in [1.807, 2.05) is 30.3 Å². The Morgan fingerprint density at radius 3 is 2.48 bits per heavy atom. The Morgan fingerprint density at radius 1 is 1.04 bits per heavy atom. The number of rotatable bonds is 2. The van der Waals surface area contributed by atoms with E-state index in [2.05, 4.69) is 23.1 Å². The van der Waals surface area contributed by atoms with E-state index in [0.29, 0.717) is 6.54 Å². The van der Waals surface area contributed by atoms with Crippen LogP contribution in [0.1, 0.15) is 18.4 Å². The zero-order valence-electron chi connectivity index (χ0n) is 15.1. The van der Waals surface area contributed by atoms with Gasteiger partial charge in [-0.05, 0) is 36.6 Å². The molecule has 1 saturated heterocycles. The molecule has 3 heterocycles. The minimum Gasteiger partial charge on any atom is -0.348 e. The summed E-state index contributed by atoms with van der Waals surface area (Å²) >= 11 is 1.73. The zero-order chi connectivity index (χ0) is 18.6. The predicted molar refractivity (Wildman–Crippen MR) is 111 cm³/mol. The van der Waals surface area contributed by atoms with E-state index >= 15 is 0 Å². The highest BCUT2D eigenvalue weighted by molar-refractivity contribution is 7.92. The first-order chi connectivity index (χ1) is 13.0. The molecule has 0 bridgehead atoms. The predicted octanol–water partition coefficient (Wildman–Crippen LogP) is 3.61. The molecular weight excluding hydrogens is 378 g/mol. The number of benzene rings is 2. The van der Waals surface area contributed by atoms with Crippen LogP contribution in [0, 0.1) is 0 Å². The third kappa shape index (κ3) is 2.72. The Bertz CT molecular complexity index is 1080. The summed E-state index contributed by atoms with van der Waals surface area (Å²) in [5, 5.41) is 1.07. The summed E-state index contributed by atoms with van der Waals surface area (Å²) in [5.41, 5.74) is 2.99. The van der Waals surface area contributed by atoms with Crippen LogP contribution >= 0.6 is 11.3 Å². The van der Waals surface area contributed by atoms with Gasteiger partial charge >= 0.3 is 0 Å². The van der Waals surface area contributed by atoms with Gasteiger partial charge in [0, 0.05) is 25.0 Å². The number of sulfonamides is 1. The molecule has 27 heavy (non-hydrogen) atoms. The lowest BCUT2D eigenvalue weighted by Gasteiger charge is -2.39. The van der Waals surface area contributed by atoms with E-state index in [-0.39, 0.29) is 5.41 Å². The maximum Gasteiger partial charge on any atom is 0.232 e. The van der Waals surface area contributed by atoms with Crippen LogP contribution in [0.2, 0.25) is 0 Å². The van der Waals surface area contributed by atoms with E-state index in [9.17, 15) is 8.42 Å². The average Bonchev–Trinajstić information content (AvgIpc) is 3.23. The number of fused-ring (bicyclic) bond motifs is 3. The van der Waals surface area contributed by atoms with Crippen LogP contribution in [0.4, 0.5) is 10.8 Å².